The van der Waals surface area contributed by atoms with Crippen molar-refractivity contribution in [2.24, 2.45) is 5.92 Å². The lowest BCUT2D eigenvalue weighted by molar-refractivity contribution is 0.561. The van der Waals surface area contributed by atoms with Gasteiger partial charge in [0.2, 0.25) is 0 Å². The predicted molar refractivity (Wildman–Crippen MR) is 71.7 cm³/mol. The van der Waals surface area contributed by atoms with E-state index in [0.29, 0.717) is 24.0 Å². The van der Waals surface area contributed by atoms with Gasteiger partial charge in [-0.05, 0) is 31.5 Å². The highest BCUT2D eigenvalue weighted by Gasteiger charge is 2.18. The van der Waals surface area contributed by atoms with Gasteiger partial charge in [-0.25, -0.2) is 8.78 Å². The van der Waals surface area contributed by atoms with Crippen LogP contribution in [0.1, 0.15) is 19.4 Å². The second-order valence-corrected chi connectivity index (χ2v) is 4.67. The van der Waals surface area contributed by atoms with Gasteiger partial charge in [-0.2, -0.15) is 5.26 Å². The van der Waals surface area contributed by atoms with Crippen LogP contribution in [0, 0.1) is 28.9 Å². The average Bonchev–Trinajstić information content (AvgIpc) is 2.35. The molecule has 0 heterocycles. The number of hydrogen-bond donors (Lipinski definition) is 0. The molecule has 1 aromatic carbocycles. The number of anilines is 1. The van der Waals surface area contributed by atoms with Gasteiger partial charge >= 0.3 is 0 Å². The average molecular weight is 317 g/mol. The molecule has 0 saturated carbocycles. The third kappa shape index (κ3) is 3.42. The van der Waals surface area contributed by atoms with Gasteiger partial charge in [0.1, 0.15) is 17.3 Å². The zero-order valence-electron chi connectivity index (χ0n) is 10.4. The Morgan fingerprint density at radius 3 is 2.33 bits per heavy atom. The van der Waals surface area contributed by atoms with Gasteiger partial charge in [-0.1, -0.05) is 15.9 Å². The molecule has 0 aliphatic heterocycles. The Labute approximate surface area is 114 Å². The first kappa shape index (κ1) is 14.9. The maximum absolute atomic E-state index is 13.9. The normalized spacial score (nSPS) is 12.0. The number of hydrogen-bond acceptors (Lipinski definition) is 2. The minimum Gasteiger partial charge on any atom is -0.366 e. The van der Waals surface area contributed by atoms with Crippen LogP contribution in [-0.4, -0.2) is 13.1 Å². The first-order valence-corrected chi connectivity index (χ1v) is 6.84. The molecule has 0 spiro atoms. The lowest BCUT2D eigenvalue weighted by Gasteiger charge is -2.25. The summed E-state index contributed by atoms with van der Waals surface area (Å²) in [5.74, 6) is -1.45. The molecule has 0 aromatic heterocycles. The largest absolute Gasteiger partial charge is 0.366 e. The summed E-state index contributed by atoms with van der Waals surface area (Å²) >= 11 is 3.17. The molecule has 0 aliphatic rings. The standard InChI is InChI=1S/C13H15BrF2N2/c1-3-18(8-9(2)7-17)13-11(15)4-10(6-14)5-12(13)16/h4-5,9H,3,6,8H2,1-2H3. The Bertz CT molecular complexity index is 434. The van der Waals surface area contributed by atoms with E-state index in [0.717, 1.165) is 0 Å². The van der Waals surface area contributed by atoms with Gasteiger partial charge in [-0.15, -0.1) is 0 Å². The summed E-state index contributed by atoms with van der Waals surface area (Å²) in [4.78, 5) is 1.55. The number of halogens is 3. The smallest absolute Gasteiger partial charge is 0.149 e. The number of nitrogens with zero attached hydrogens (tertiary/aromatic N) is 2. The van der Waals surface area contributed by atoms with E-state index in [2.05, 4.69) is 22.0 Å². The maximum Gasteiger partial charge on any atom is 0.149 e. The van der Waals surface area contributed by atoms with E-state index in [4.69, 9.17) is 5.26 Å². The van der Waals surface area contributed by atoms with E-state index in [1.807, 2.05) is 0 Å². The van der Waals surface area contributed by atoms with Gasteiger partial charge < -0.3 is 4.90 Å². The van der Waals surface area contributed by atoms with Crippen molar-refractivity contribution in [1.82, 2.24) is 0 Å². The molecule has 18 heavy (non-hydrogen) atoms. The van der Waals surface area contributed by atoms with Gasteiger partial charge in [0.25, 0.3) is 0 Å². The second-order valence-electron chi connectivity index (χ2n) is 4.11. The highest BCUT2D eigenvalue weighted by molar-refractivity contribution is 9.08. The van der Waals surface area contributed by atoms with Crippen molar-refractivity contribution in [2.75, 3.05) is 18.0 Å². The zero-order chi connectivity index (χ0) is 13.7. The molecule has 0 fully saturated rings. The number of alkyl halides is 1. The molecule has 0 N–H and O–H groups in total. The highest BCUT2D eigenvalue weighted by Crippen LogP contribution is 2.26. The Morgan fingerprint density at radius 2 is 1.94 bits per heavy atom. The van der Waals surface area contributed by atoms with E-state index in [9.17, 15) is 8.78 Å². The van der Waals surface area contributed by atoms with Crippen LogP contribution in [0.5, 0.6) is 0 Å². The fraction of sp³-hybridized carbons (Fsp3) is 0.462. The second kappa shape index (κ2) is 6.69. The summed E-state index contributed by atoms with van der Waals surface area (Å²) in [7, 11) is 0. The molecule has 0 bridgehead atoms. The Hall–Kier alpha value is -1.15. The van der Waals surface area contributed by atoms with Crippen LogP contribution in [0.2, 0.25) is 0 Å². The van der Waals surface area contributed by atoms with Crippen molar-refractivity contribution >= 4 is 21.6 Å². The summed E-state index contributed by atoms with van der Waals surface area (Å²) in [5.41, 5.74) is 0.502. The van der Waals surface area contributed by atoms with Crippen molar-refractivity contribution < 1.29 is 8.78 Å². The fourth-order valence-corrected chi connectivity index (χ4v) is 2.07. The van der Waals surface area contributed by atoms with E-state index in [1.54, 1.807) is 18.7 Å². The molecule has 1 rings (SSSR count). The number of rotatable bonds is 5. The summed E-state index contributed by atoms with van der Waals surface area (Å²) in [6.45, 7) is 4.30. The van der Waals surface area contributed by atoms with Crippen LogP contribution in [0.3, 0.4) is 0 Å². The molecule has 1 aromatic rings. The van der Waals surface area contributed by atoms with E-state index in [-0.39, 0.29) is 11.6 Å². The zero-order valence-corrected chi connectivity index (χ0v) is 12.0. The Balaban J connectivity index is 3.10. The van der Waals surface area contributed by atoms with Gasteiger partial charge in [-0.3, -0.25) is 0 Å². The van der Waals surface area contributed by atoms with Crippen molar-refractivity contribution in [2.45, 2.75) is 19.2 Å². The van der Waals surface area contributed by atoms with Crippen LogP contribution < -0.4 is 4.90 Å². The number of benzene rings is 1. The topological polar surface area (TPSA) is 27.0 Å². The molecule has 0 aliphatic carbocycles. The van der Waals surface area contributed by atoms with Gasteiger partial charge in [0, 0.05) is 18.4 Å². The van der Waals surface area contributed by atoms with Crippen molar-refractivity contribution in [3.05, 3.63) is 29.3 Å². The SMILES string of the molecule is CCN(CC(C)C#N)c1c(F)cc(CBr)cc1F. The molecular formula is C13H15BrF2N2. The molecule has 0 amide bonds. The first-order valence-electron chi connectivity index (χ1n) is 5.71. The van der Waals surface area contributed by atoms with Crippen LogP contribution >= 0.6 is 15.9 Å². The Morgan fingerprint density at radius 1 is 1.39 bits per heavy atom. The fourth-order valence-electron chi connectivity index (χ4n) is 1.75. The highest BCUT2D eigenvalue weighted by atomic mass is 79.9. The molecule has 0 radical (unpaired) electrons. The molecule has 1 unspecified atom stereocenters. The van der Waals surface area contributed by atoms with Crippen LogP contribution in [0.25, 0.3) is 0 Å². The third-order valence-corrected chi connectivity index (χ3v) is 3.29. The first-order chi connectivity index (χ1) is 8.53. The lowest BCUT2D eigenvalue weighted by atomic mass is 10.1. The molecule has 1 atom stereocenters. The molecule has 98 valence electrons. The van der Waals surface area contributed by atoms with Gasteiger partial charge in [0.05, 0.1) is 12.0 Å². The number of nitriles is 1. The van der Waals surface area contributed by atoms with Crippen LogP contribution in [0.4, 0.5) is 14.5 Å². The van der Waals surface area contributed by atoms with Gasteiger partial charge in [0.15, 0.2) is 0 Å². The predicted octanol–water partition coefficient (Wildman–Crippen LogP) is 3.85. The van der Waals surface area contributed by atoms with E-state index in [1.165, 1.54) is 12.1 Å². The minimum atomic E-state index is -0.587. The Kier molecular flexibility index (Phi) is 5.54. The van der Waals surface area contributed by atoms with Crippen LogP contribution in [-0.2, 0) is 5.33 Å². The van der Waals surface area contributed by atoms with E-state index < -0.39 is 11.6 Å². The summed E-state index contributed by atoms with van der Waals surface area (Å²) in [6.07, 6.45) is 0. The summed E-state index contributed by atoms with van der Waals surface area (Å²) in [5, 5.41) is 9.18. The molecule has 5 heteroatoms. The van der Waals surface area contributed by atoms with Crippen molar-refractivity contribution in [3.8, 4) is 6.07 Å². The third-order valence-electron chi connectivity index (χ3n) is 2.64. The minimum absolute atomic E-state index is 0.0516. The molecule has 2 nitrogen and oxygen atoms in total. The van der Waals surface area contributed by atoms with Crippen molar-refractivity contribution in [3.63, 3.8) is 0 Å². The van der Waals surface area contributed by atoms with Crippen molar-refractivity contribution in [1.29, 1.82) is 5.26 Å². The summed E-state index contributed by atoms with van der Waals surface area (Å²) in [6, 6.07) is 4.69. The molecular weight excluding hydrogens is 302 g/mol. The quantitative estimate of drug-likeness (QED) is 0.772. The summed E-state index contributed by atoms with van der Waals surface area (Å²) < 4.78 is 27.8. The lowest BCUT2D eigenvalue weighted by Crippen LogP contribution is -2.29. The monoisotopic (exact) mass is 316 g/mol. The molecule has 0 saturated heterocycles. The maximum atomic E-state index is 13.9. The van der Waals surface area contributed by atoms with E-state index >= 15 is 0 Å². The van der Waals surface area contributed by atoms with Crippen LogP contribution in [0.15, 0.2) is 12.1 Å².